The Morgan fingerprint density at radius 2 is 2.00 bits per heavy atom. The van der Waals surface area contributed by atoms with Gasteiger partial charge < -0.3 is 9.30 Å². The van der Waals surface area contributed by atoms with Crippen LogP contribution in [0.5, 0.6) is 0 Å². The maximum Gasteiger partial charge on any atom is 0.337 e. The van der Waals surface area contributed by atoms with Gasteiger partial charge in [0.15, 0.2) is 0 Å². The summed E-state index contributed by atoms with van der Waals surface area (Å²) in [5.41, 5.74) is 1.52. The summed E-state index contributed by atoms with van der Waals surface area (Å²) in [4.78, 5) is 15.5. The van der Waals surface area contributed by atoms with Crippen molar-refractivity contribution in [3.63, 3.8) is 0 Å². The van der Waals surface area contributed by atoms with Crippen LogP contribution in [-0.2, 0) is 9.30 Å². The topological polar surface area (TPSA) is 56.3 Å². The molecule has 1 rings (SSSR count). The number of aromatic nitrogens is 1. The van der Waals surface area contributed by atoms with E-state index in [-0.39, 0.29) is 0 Å². The number of carbonyl (C=O) groups is 1. The van der Waals surface area contributed by atoms with Crippen LogP contribution in [0.1, 0.15) is 16.1 Å². The molecule has 5 heteroatoms. The quantitative estimate of drug-likeness (QED) is 0.566. The number of pyridine rings is 1. The van der Waals surface area contributed by atoms with Crippen molar-refractivity contribution in [1.29, 1.82) is 0 Å². The van der Waals surface area contributed by atoms with Crippen LogP contribution in [0.25, 0.3) is 0 Å². The first-order valence-corrected chi connectivity index (χ1v) is 7.07. The molecule has 4 nitrogen and oxygen atoms in total. The van der Waals surface area contributed by atoms with Crippen LogP contribution >= 0.6 is 7.14 Å². The molecule has 0 fully saturated rings. The number of carbonyl (C=O) groups excluding carboxylic acids is 1. The molecule has 0 saturated heterocycles. The molecule has 0 aliphatic heterocycles. The summed E-state index contributed by atoms with van der Waals surface area (Å²) >= 11 is 0. The van der Waals surface area contributed by atoms with Crippen molar-refractivity contribution in [2.24, 2.45) is 0 Å². The van der Waals surface area contributed by atoms with Crippen LogP contribution in [0.2, 0.25) is 0 Å². The Kier molecular flexibility index (Phi) is 3.30. The lowest BCUT2D eigenvalue weighted by molar-refractivity contribution is 0.0600. The Bertz CT molecular complexity index is 436. The third-order valence-electron chi connectivity index (χ3n) is 1.91. The highest BCUT2D eigenvalue weighted by Crippen LogP contribution is 2.33. The highest BCUT2D eigenvalue weighted by Gasteiger charge is 2.16. The van der Waals surface area contributed by atoms with Gasteiger partial charge in [-0.2, -0.15) is 0 Å². The summed E-state index contributed by atoms with van der Waals surface area (Å²) in [7, 11) is -1.13. The molecule has 0 radical (unpaired) electrons. The van der Waals surface area contributed by atoms with Gasteiger partial charge in [-0.05, 0) is 32.4 Å². The second-order valence-corrected chi connectivity index (χ2v) is 6.86. The average molecular weight is 227 g/mol. The molecule has 0 amide bonds. The third kappa shape index (κ3) is 2.90. The van der Waals surface area contributed by atoms with Crippen molar-refractivity contribution < 1.29 is 14.1 Å². The van der Waals surface area contributed by atoms with Gasteiger partial charge in [-0.25, -0.2) is 4.79 Å². The largest absolute Gasteiger partial charge is 0.465 e. The molecule has 0 aromatic carbocycles. The van der Waals surface area contributed by atoms with Gasteiger partial charge in [0.1, 0.15) is 12.6 Å². The SMILES string of the molecule is COC(=O)c1cc(C)nc(P(C)(C)=O)c1. The molecular formula is C10H14NO3P. The summed E-state index contributed by atoms with van der Waals surface area (Å²) in [6.45, 7) is 5.00. The van der Waals surface area contributed by atoms with Crippen molar-refractivity contribution in [3.05, 3.63) is 23.4 Å². The van der Waals surface area contributed by atoms with Crippen molar-refractivity contribution in [2.75, 3.05) is 20.4 Å². The van der Waals surface area contributed by atoms with Gasteiger partial charge in [0.05, 0.1) is 12.7 Å². The fraction of sp³-hybridized carbons (Fsp3) is 0.400. The van der Waals surface area contributed by atoms with E-state index < -0.39 is 13.1 Å². The zero-order valence-corrected chi connectivity index (χ0v) is 10.2. The van der Waals surface area contributed by atoms with E-state index in [1.807, 2.05) is 0 Å². The number of rotatable bonds is 2. The predicted molar refractivity (Wildman–Crippen MR) is 59.4 cm³/mol. The van der Waals surface area contributed by atoms with Crippen molar-refractivity contribution in [2.45, 2.75) is 6.92 Å². The van der Waals surface area contributed by atoms with Crippen molar-refractivity contribution in [1.82, 2.24) is 4.98 Å². The highest BCUT2D eigenvalue weighted by atomic mass is 31.2. The zero-order chi connectivity index (χ0) is 11.6. The number of ether oxygens (including phenoxy) is 1. The molecule has 1 heterocycles. The average Bonchev–Trinajstić information content (AvgIpc) is 2.14. The van der Waals surface area contributed by atoms with Crippen LogP contribution in [0.4, 0.5) is 0 Å². The predicted octanol–water partition coefficient (Wildman–Crippen LogP) is 1.42. The minimum Gasteiger partial charge on any atom is -0.465 e. The summed E-state index contributed by atoms with van der Waals surface area (Å²) < 4.78 is 16.4. The molecule has 0 unspecified atom stereocenters. The summed E-state index contributed by atoms with van der Waals surface area (Å²) in [5, 5.41) is 0. The Morgan fingerprint density at radius 3 is 2.47 bits per heavy atom. The van der Waals surface area contributed by atoms with E-state index in [2.05, 4.69) is 9.72 Å². The molecule has 15 heavy (non-hydrogen) atoms. The van der Waals surface area contributed by atoms with E-state index in [0.29, 0.717) is 16.7 Å². The van der Waals surface area contributed by atoms with E-state index >= 15 is 0 Å². The first-order chi connectivity index (χ1) is 6.84. The molecule has 82 valence electrons. The van der Waals surface area contributed by atoms with Gasteiger partial charge in [-0.15, -0.1) is 0 Å². The fourth-order valence-electron chi connectivity index (χ4n) is 1.16. The van der Waals surface area contributed by atoms with Crippen molar-refractivity contribution >= 4 is 18.5 Å². The van der Waals surface area contributed by atoms with Gasteiger partial charge in [0, 0.05) is 5.69 Å². The maximum atomic E-state index is 11.8. The fourth-order valence-corrected chi connectivity index (χ4v) is 2.01. The van der Waals surface area contributed by atoms with E-state index in [1.165, 1.54) is 13.2 Å². The molecule has 0 aliphatic carbocycles. The van der Waals surface area contributed by atoms with E-state index in [4.69, 9.17) is 0 Å². The molecular weight excluding hydrogens is 213 g/mol. The number of aryl methyl sites for hydroxylation is 1. The smallest absolute Gasteiger partial charge is 0.337 e. The Labute approximate surface area is 89.0 Å². The summed E-state index contributed by atoms with van der Waals surface area (Å²) in [6.07, 6.45) is 0. The lowest BCUT2D eigenvalue weighted by atomic mass is 10.2. The van der Waals surface area contributed by atoms with Crippen LogP contribution in [0, 0.1) is 6.92 Å². The van der Waals surface area contributed by atoms with Gasteiger partial charge in [-0.1, -0.05) is 0 Å². The van der Waals surface area contributed by atoms with E-state index in [1.54, 1.807) is 26.3 Å². The van der Waals surface area contributed by atoms with Crippen LogP contribution in [0.15, 0.2) is 12.1 Å². The third-order valence-corrected chi connectivity index (χ3v) is 3.25. The molecule has 0 bridgehead atoms. The first-order valence-electron chi connectivity index (χ1n) is 4.47. The Balaban J connectivity index is 3.29. The molecule has 0 saturated carbocycles. The summed E-state index contributed by atoms with van der Waals surface area (Å²) in [6, 6.07) is 3.14. The number of nitrogens with zero attached hydrogens (tertiary/aromatic N) is 1. The molecule has 0 atom stereocenters. The Hall–Kier alpha value is -1.15. The summed E-state index contributed by atoms with van der Waals surface area (Å²) in [5.74, 6) is -0.435. The van der Waals surface area contributed by atoms with Crippen LogP contribution in [0.3, 0.4) is 0 Å². The number of methoxy groups -OCH3 is 1. The Morgan fingerprint density at radius 1 is 1.40 bits per heavy atom. The molecule has 0 aliphatic rings. The number of hydrogen-bond donors (Lipinski definition) is 0. The lowest BCUT2D eigenvalue weighted by Gasteiger charge is -2.08. The van der Waals surface area contributed by atoms with Gasteiger partial charge in [0.25, 0.3) is 0 Å². The van der Waals surface area contributed by atoms with Gasteiger partial charge in [0.2, 0.25) is 0 Å². The normalized spacial score (nSPS) is 11.2. The van der Waals surface area contributed by atoms with Gasteiger partial charge >= 0.3 is 5.97 Å². The van der Waals surface area contributed by atoms with Gasteiger partial charge in [-0.3, -0.25) is 4.98 Å². The molecule has 0 spiro atoms. The second kappa shape index (κ2) is 4.15. The van der Waals surface area contributed by atoms with Crippen LogP contribution in [-0.4, -0.2) is 31.4 Å². The second-order valence-electron chi connectivity index (χ2n) is 3.70. The molecule has 0 N–H and O–H groups in total. The molecule has 1 aromatic rings. The number of hydrogen-bond acceptors (Lipinski definition) is 4. The van der Waals surface area contributed by atoms with E-state index in [9.17, 15) is 9.36 Å². The first kappa shape index (κ1) is 11.9. The van der Waals surface area contributed by atoms with E-state index in [0.717, 1.165) is 0 Å². The van der Waals surface area contributed by atoms with Crippen LogP contribution < -0.4 is 5.44 Å². The maximum absolute atomic E-state index is 11.8. The minimum absolute atomic E-state index is 0.393. The molecule has 1 aromatic heterocycles. The van der Waals surface area contributed by atoms with Crippen molar-refractivity contribution in [3.8, 4) is 0 Å². The number of esters is 1. The monoisotopic (exact) mass is 227 g/mol. The highest BCUT2D eigenvalue weighted by molar-refractivity contribution is 7.69. The zero-order valence-electron chi connectivity index (χ0n) is 9.27. The standard InChI is InChI=1S/C10H14NO3P/c1-7-5-8(10(12)14-2)6-9(11-7)15(3,4)13/h5-6H,1-4H3. The minimum atomic E-state index is -2.44. The lowest BCUT2D eigenvalue weighted by Crippen LogP contribution is -2.14.